The lowest BCUT2D eigenvalue weighted by Crippen LogP contribution is -2.36. The van der Waals surface area contributed by atoms with Gasteiger partial charge in [0, 0.05) is 11.7 Å². The van der Waals surface area contributed by atoms with Crippen LogP contribution in [0.1, 0.15) is 25.7 Å². The van der Waals surface area contributed by atoms with Crippen molar-refractivity contribution in [3.63, 3.8) is 0 Å². The zero-order valence-electron chi connectivity index (χ0n) is 12.0. The molecule has 1 fully saturated rings. The molecule has 21 heavy (non-hydrogen) atoms. The van der Waals surface area contributed by atoms with Gasteiger partial charge in [-0.3, -0.25) is 9.69 Å². The molecule has 0 saturated heterocycles. The average Bonchev–Trinajstić information content (AvgIpc) is 2.94. The summed E-state index contributed by atoms with van der Waals surface area (Å²) < 4.78 is 28.3. The van der Waals surface area contributed by atoms with E-state index in [9.17, 15) is 13.6 Å². The van der Waals surface area contributed by atoms with Crippen molar-refractivity contribution in [3.8, 4) is 5.75 Å². The predicted molar refractivity (Wildman–Crippen MR) is 76.6 cm³/mol. The predicted octanol–water partition coefficient (Wildman–Crippen LogP) is 3.10. The summed E-state index contributed by atoms with van der Waals surface area (Å²) in [6.07, 6.45) is 4.73. The first-order chi connectivity index (χ1) is 10.0. The summed E-state index contributed by atoms with van der Waals surface area (Å²) in [6, 6.07) is 6.39. The molecule has 0 aromatic heterocycles. The van der Waals surface area contributed by atoms with Gasteiger partial charge in [-0.1, -0.05) is 12.8 Å². The lowest BCUT2D eigenvalue weighted by Gasteiger charge is -2.23. The minimum atomic E-state index is -2.84. The van der Waals surface area contributed by atoms with Crippen molar-refractivity contribution in [2.45, 2.75) is 38.3 Å². The number of carbonyl (C=O) groups is 1. The molecule has 4 nitrogen and oxygen atoms in total. The Hall–Kier alpha value is -1.69. The molecule has 0 aliphatic heterocycles. The summed E-state index contributed by atoms with van der Waals surface area (Å²) in [6.45, 7) is -2.51. The standard InChI is InChI=1S/C15H20F2N2O2/c1-19(12-4-2-3-5-12)10-14(20)18-11-6-8-13(9-7-11)21-15(16)17/h6-9,12,15H,2-5,10H2,1H3,(H,18,20). The summed E-state index contributed by atoms with van der Waals surface area (Å²) in [7, 11) is 1.95. The second-order valence-corrected chi connectivity index (χ2v) is 5.30. The van der Waals surface area contributed by atoms with Gasteiger partial charge in [-0.05, 0) is 44.2 Å². The number of carbonyl (C=O) groups excluding carboxylic acids is 1. The zero-order chi connectivity index (χ0) is 15.2. The van der Waals surface area contributed by atoms with E-state index < -0.39 is 6.61 Å². The summed E-state index contributed by atoms with van der Waals surface area (Å²) in [5, 5.41) is 2.75. The van der Waals surface area contributed by atoms with Gasteiger partial charge in [-0.15, -0.1) is 0 Å². The Morgan fingerprint density at radius 2 is 1.95 bits per heavy atom. The van der Waals surface area contributed by atoms with Gasteiger partial charge in [0.2, 0.25) is 5.91 Å². The van der Waals surface area contributed by atoms with Crippen LogP contribution in [0.2, 0.25) is 0 Å². The van der Waals surface area contributed by atoms with E-state index in [0.717, 1.165) is 12.8 Å². The largest absolute Gasteiger partial charge is 0.435 e. The van der Waals surface area contributed by atoms with Gasteiger partial charge in [0.25, 0.3) is 0 Å². The molecular formula is C15H20F2N2O2. The first-order valence-electron chi connectivity index (χ1n) is 7.09. The van der Waals surface area contributed by atoms with Gasteiger partial charge in [0.05, 0.1) is 6.54 Å². The summed E-state index contributed by atoms with van der Waals surface area (Å²) in [5.41, 5.74) is 0.571. The minimum Gasteiger partial charge on any atom is -0.435 e. The maximum absolute atomic E-state index is 12.0. The molecule has 116 valence electrons. The first-order valence-corrected chi connectivity index (χ1v) is 7.09. The SMILES string of the molecule is CN(CC(=O)Nc1ccc(OC(F)F)cc1)C1CCCC1. The number of alkyl halides is 2. The van der Waals surface area contributed by atoms with Crippen LogP contribution in [0.3, 0.4) is 0 Å². The molecule has 1 saturated carbocycles. The first kappa shape index (κ1) is 15.7. The molecule has 1 aliphatic carbocycles. The quantitative estimate of drug-likeness (QED) is 0.877. The molecule has 0 spiro atoms. The molecule has 0 heterocycles. The number of rotatable bonds is 6. The second kappa shape index (κ2) is 7.36. The molecule has 0 bridgehead atoms. The number of amides is 1. The lowest BCUT2D eigenvalue weighted by molar-refractivity contribution is -0.117. The summed E-state index contributed by atoms with van der Waals surface area (Å²) in [4.78, 5) is 14.0. The third kappa shape index (κ3) is 4.97. The Kier molecular flexibility index (Phi) is 5.50. The number of nitrogens with zero attached hydrogens (tertiary/aromatic N) is 1. The monoisotopic (exact) mass is 298 g/mol. The van der Waals surface area contributed by atoms with E-state index >= 15 is 0 Å². The van der Waals surface area contributed by atoms with Crippen LogP contribution in [-0.2, 0) is 4.79 Å². The van der Waals surface area contributed by atoms with Crippen LogP contribution in [0, 0.1) is 0 Å². The van der Waals surface area contributed by atoms with Crippen molar-refractivity contribution in [3.05, 3.63) is 24.3 Å². The second-order valence-electron chi connectivity index (χ2n) is 5.30. The fraction of sp³-hybridized carbons (Fsp3) is 0.533. The van der Waals surface area contributed by atoms with Crippen LogP contribution in [0.5, 0.6) is 5.75 Å². The van der Waals surface area contributed by atoms with Crippen molar-refractivity contribution < 1.29 is 18.3 Å². The summed E-state index contributed by atoms with van der Waals surface area (Å²) in [5.74, 6) is -0.0296. The highest BCUT2D eigenvalue weighted by Crippen LogP contribution is 2.22. The Balaban J connectivity index is 1.81. The number of ether oxygens (including phenoxy) is 1. The molecule has 1 aromatic carbocycles. The molecule has 6 heteroatoms. The third-order valence-corrected chi connectivity index (χ3v) is 3.70. The Bertz CT molecular complexity index is 459. The highest BCUT2D eigenvalue weighted by Gasteiger charge is 2.21. The molecule has 1 amide bonds. The van der Waals surface area contributed by atoms with Crippen LogP contribution in [-0.4, -0.2) is 37.1 Å². The van der Waals surface area contributed by atoms with Gasteiger partial charge in [0.15, 0.2) is 0 Å². The molecule has 0 unspecified atom stereocenters. The Morgan fingerprint density at radius 1 is 1.33 bits per heavy atom. The van der Waals surface area contributed by atoms with Crippen molar-refractivity contribution in [1.29, 1.82) is 0 Å². The third-order valence-electron chi connectivity index (χ3n) is 3.70. The number of nitrogens with one attached hydrogen (secondary N) is 1. The number of hydrogen-bond acceptors (Lipinski definition) is 3. The van der Waals surface area contributed by atoms with Crippen LogP contribution in [0.25, 0.3) is 0 Å². The topological polar surface area (TPSA) is 41.6 Å². The van der Waals surface area contributed by atoms with Crippen LogP contribution >= 0.6 is 0 Å². The molecule has 0 radical (unpaired) electrons. The van der Waals surface area contributed by atoms with Crippen LogP contribution < -0.4 is 10.1 Å². The van der Waals surface area contributed by atoms with Crippen molar-refractivity contribution in [2.24, 2.45) is 0 Å². The fourth-order valence-corrected chi connectivity index (χ4v) is 2.62. The van der Waals surface area contributed by atoms with Crippen LogP contribution in [0.15, 0.2) is 24.3 Å². The van der Waals surface area contributed by atoms with Gasteiger partial charge < -0.3 is 10.1 Å². The average molecular weight is 298 g/mol. The molecule has 1 aliphatic rings. The number of likely N-dealkylation sites (N-methyl/N-ethyl adjacent to an activating group) is 1. The van der Waals surface area contributed by atoms with Gasteiger partial charge >= 0.3 is 6.61 Å². The Morgan fingerprint density at radius 3 is 2.52 bits per heavy atom. The number of anilines is 1. The number of halogens is 2. The van der Waals surface area contributed by atoms with E-state index in [1.807, 2.05) is 7.05 Å². The number of benzene rings is 1. The van der Waals surface area contributed by atoms with Crippen LogP contribution in [0.4, 0.5) is 14.5 Å². The van der Waals surface area contributed by atoms with E-state index in [-0.39, 0.29) is 11.7 Å². The highest BCUT2D eigenvalue weighted by atomic mass is 19.3. The van der Waals surface area contributed by atoms with Gasteiger partial charge in [-0.2, -0.15) is 8.78 Å². The van der Waals surface area contributed by atoms with E-state index in [4.69, 9.17) is 0 Å². The fourth-order valence-electron chi connectivity index (χ4n) is 2.62. The van der Waals surface area contributed by atoms with Crippen molar-refractivity contribution >= 4 is 11.6 Å². The molecule has 1 aromatic rings. The van der Waals surface area contributed by atoms with Crippen molar-refractivity contribution in [1.82, 2.24) is 4.90 Å². The van der Waals surface area contributed by atoms with E-state index in [1.54, 1.807) is 12.1 Å². The maximum atomic E-state index is 12.0. The zero-order valence-corrected chi connectivity index (χ0v) is 12.0. The Labute approximate surface area is 123 Å². The molecule has 0 atom stereocenters. The van der Waals surface area contributed by atoms with Gasteiger partial charge in [-0.25, -0.2) is 0 Å². The van der Waals surface area contributed by atoms with E-state index in [2.05, 4.69) is 15.0 Å². The van der Waals surface area contributed by atoms with E-state index in [0.29, 0.717) is 18.3 Å². The smallest absolute Gasteiger partial charge is 0.387 e. The normalized spacial score (nSPS) is 15.7. The van der Waals surface area contributed by atoms with Crippen molar-refractivity contribution in [2.75, 3.05) is 18.9 Å². The minimum absolute atomic E-state index is 0.0751. The maximum Gasteiger partial charge on any atom is 0.387 e. The molecular weight excluding hydrogens is 278 g/mol. The highest BCUT2D eigenvalue weighted by molar-refractivity contribution is 5.92. The lowest BCUT2D eigenvalue weighted by atomic mass is 10.2. The summed E-state index contributed by atoms with van der Waals surface area (Å²) >= 11 is 0. The van der Waals surface area contributed by atoms with E-state index in [1.165, 1.54) is 25.0 Å². The number of hydrogen-bond donors (Lipinski definition) is 1. The molecule has 1 N–H and O–H groups in total. The van der Waals surface area contributed by atoms with Gasteiger partial charge in [0.1, 0.15) is 5.75 Å². The molecule has 2 rings (SSSR count).